The van der Waals surface area contributed by atoms with Crippen LogP contribution >= 0.6 is 0 Å². The number of hydrogen-bond donors (Lipinski definition) is 1. The predicted molar refractivity (Wildman–Crippen MR) is 85.4 cm³/mol. The van der Waals surface area contributed by atoms with Gasteiger partial charge >= 0.3 is 0 Å². The molecule has 2 unspecified atom stereocenters. The van der Waals surface area contributed by atoms with Gasteiger partial charge in [0.25, 0.3) is 0 Å². The van der Waals surface area contributed by atoms with E-state index in [0.717, 1.165) is 31.9 Å². The van der Waals surface area contributed by atoms with Crippen LogP contribution in [0.3, 0.4) is 0 Å². The van der Waals surface area contributed by atoms with Crippen molar-refractivity contribution in [3.8, 4) is 5.75 Å². The number of piperidine rings is 1. The summed E-state index contributed by atoms with van der Waals surface area (Å²) in [6, 6.07) is 8.77. The fourth-order valence-electron chi connectivity index (χ4n) is 2.81. The Morgan fingerprint density at radius 1 is 1.35 bits per heavy atom. The number of ether oxygens (including phenoxy) is 1. The highest BCUT2D eigenvalue weighted by molar-refractivity contribution is 5.49. The Morgan fingerprint density at radius 2 is 2.10 bits per heavy atom. The van der Waals surface area contributed by atoms with Crippen molar-refractivity contribution in [2.45, 2.75) is 45.6 Å². The van der Waals surface area contributed by atoms with Crippen LogP contribution in [-0.4, -0.2) is 25.7 Å². The summed E-state index contributed by atoms with van der Waals surface area (Å²) in [7, 11) is 0. The largest absolute Gasteiger partial charge is 0.493 e. The molecule has 112 valence electrons. The van der Waals surface area contributed by atoms with Crippen LogP contribution in [0.5, 0.6) is 5.75 Å². The minimum absolute atomic E-state index is 0.314. The van der Waals surface area contributed by atoms with Crippen molar-refractivity contribution in [1.82, 2.24) is 0 Å². The highest BCUT2D eigenvalue weighted by Crippen LogP contribution is 2.23. The van der Waals surface area contributed by atoms with Gasteiger partial charge in [0.15, 0.2) is 0 Å². The van der Waals surface area contributed by atoms with Crippen LogP contribution in [-0.2, 0) is 0 Å². The zero-order valence-electron chi connectivity index (χ0n) is 12.8. The third kappa shape index (κ3) is 4.41. The average molecular weight is 276 g/mol. The molecule has 0 aromatic heterocycles. The molecule has 0 amide bonds. The summed E-state index contributed by atoms with van der Waals surface area (Å²) < 4.78 is 5.84. The second kappa shape index (κ2) is 7.53. The number of benzene rings is 1. The second-order valence-corrected chi connectivity index (χ2v) is 6.05. The molecule has 1 saturated heterocycles. The first-order valence-corrected chi connectivity index (χ1v) is 7.92. The minimum Gasteiger partial charge on any atom is -0.493 e. The van der Waals surface area contributed by atoms with Crippen molar-refractivity contribution < 1.29 is 4.74 Å². The summed E-state index contributed by atoms with van der Waals surface area (Å²) in [5.74, 6) is 1.60. The van der Waals surface area contributed by atoms with Gasteiger partial charge in [0, 0.05) is 24.8 Å². The lowest BCUT2D eigenvalue weighted by atomic mass is 10.1. The number of rotatable bonds is 6. The normalized spacial score (nSPS) is 20.8. The maximum Gasteiger partial charge on any atom is 0.119 e. The van der Waals surface area contributed by atoms with E-state index < -0.39 is 0 Å². The predicted octanol–water partition coefficient (Wildman–Crippen LogP) is 3.43. The number of nitrogens with zero attached hydrogens (tertiary/aromatic N) is 1. The Labute approximate surface area is 123 Å². The van der Waals surface area contributed by atoms with Crippen LogP contribution in [0.25, 0.3) is 0 Å². The monoisotopic (exact) mass is 276 g/mol. The van der Waals surface area contributed by atoms with Gasteiger partial charge in [-0.15, -0.1) is 0 Å². The minimum atomic E-state index is 0.314. The van der Waals surface area contributed by atoms with Gasteiger partial charge in [0.2, 0.25) is 0 Å². The topological polar surface area (TPSA) is 38.5 Å². The molecule has 1 heterocycles. The van der Waals surface area contributed by atoms with Crippen molar-refractivity contribution in [2.75, 3.05) is 24.6 Å². The van der Waals surface area contributed by atoms with Crippen LogP contribution < -0.4 is 15.4 Å². The number of anilines is 1. The van der Waals surface area contributed by atoms with Crippen molar-refractivity contribution >= 4 is 5.69 Å². The molecule has 1 aromatic rings. The lowest BCUT2D eigenvalue weighted by Gasteiger charge is -2.32. The van der Waals surface area contributed by atoms with Crippen LogP contribution in [0.4, 0.5) is 5.69 Å². The summed E-state index contributed by atoms with van der Waals surface area (Å²) in [4.78, 5) is 2.37. The maximum absolute atomic E-state index is 6.04. The highest BCUT2D eigenvalue weighted by Gasteiger charge is 2.16. The summed E-state index contributed by atoms with van der Waals surface area (Å²) in [6.45, 7) is 7.35. The average Bonchev–Trinajstić information content (AvgIpc) is 2.46. The van der Waals surface area contributed by atoms with E-state index in [1.807, 2.05) is 0 Å². The Hall–Kier alpha value is -1.22. The van der Waals surface area contributed by atoms with Crippen molar-refractivity contribution in [3.05, 3.63) is 24.3 Å². The third-order valence-electron chi connectivity index (χ3n) is 3.98. The molecule has 1 aromatic carbocycles. The van der Waals surface area contributed by atoms with Gasteiger partial charge < -0.3 is 15.4 Å². The van der Waals surface area contributed by atoms with E-state index in [9.17, 15) is 0 Å². The smallest absolute Gasteiger partial charge is 0.119 e. The van der Waals surface area contributed by atoms with Crippen molar-refractivity contribution in [3.63, 3.8) is 0 Å². The van der Waals surface area contributed by atoms with Gasteiger partial charge in [-0.05, 0) is 49.4 Å². The highest BCUT2D eigenvalue weighted by atomic mass is 16.5. The van der Waals surface area contributed by atoms with Crippen molar-refractivity contribution in [2.24, 2.45) is 11.7 Å². The van der Waals surface area contributed by atoms with E-state index in [2.05, 4.69) is 43.0 Å². The summed E-state index contributed by atoms with van der Waals surface area (Å²) in [5.41, 5.74) is 7.29. The van der Waals surface area contributed by atoms with Gasteiger partial charge in [-0.1, -0.05) is 20.3 Å². The van der Waals surface area contributed by atoms with Gasteiger partial charge in [-0.25, -0.2) is 0 Å². The summed E-state index contributed by atoms with van der Waals surface area (Å²) in [6.07, 6.45) is 4.78. The quantitative estimate of drug-likeness (QED) is 0.865. The molecule has 3 heteroatoms. The van der Waals surface area contributed by atoms with E-state index >= 15 is 0 Å². The van der Waals surface area contributed by atoms with Crippen molar-refractivity contribution in [1.29, 1.82) is 0 Å². The number of hydrogen-bond acceptors (Lipinski definition) is 3. The van der Waals surface area contributed by atoms with Crippen LogP contribution in [0.15, 0.2) is 24.3 Å². The van der Waals surface area contributed by atoms with E-state index in [4.69, 9.17) is 10.5 Å². The maximum atomic E-state index is 6.04. The molecule has 2 atom stereocenters. The van der Waals surface area contributed by atoms with E-state index in [-0.39, 0.29) is 0 Å². The summed E-state index contributed by atoms with van der Waals surface area (Å²) >= 11 is 0. The zero-order valence-corrected chi connectivity index (χ0v) is 12.8. The molecule has 1 aliphatic rings. The molecular weight excluding hydrogens is 248 g/mol. The van der Waals surface area contributed by atoms with E-state index in [1.54, 1.807) is 0 Å². The first-order valence-electron chi connectivity index (χ1n) is 7.92. The van der Waals surface area contributed by atoms with Gasteiger partial charge in [0.05, 0.1) is 6.61 Å². The Morgan fingerprint density at radius 3 is 2.75 bits per heavy atom. The molecule has 20 heavy (non-hydrogen) atoms. The molecule has 0 radical (unpaired) electrons. The summed E-state index contributed by atoms with van der Waals surface area (Å²) in [5, 5.41) is 0. The number of nitrogens with two attached hydrogens (primary N) is 1. The third-order valence-corrected chi connectivity index (χ3v) is 3.98. The molecule has 0 bridgehead atoms. The molecular formula is C17H28N2O. The lowest BCUT2D eigenvalue weighted by Crippen LogP contribution is -2.42. The van der Waals surface area contributed by atoms with E-state index in [0.29, 0.717) is 12.0 Å². The SMILES string of the molecule is CCCC(C)COc1ccc(N2CCCC(N)C2)cc1. The molecule has 0 aliphatic carbocycles. The fraction of sp³-hybridized carbons (Fsp3) is 0.647. The van der Waals surface area contributed by atoms with Gasteiger partial charge in [-0.2, -0.15) is 0 Å². The van der Waals surface area contributed by atoms with Gasteiger partial charge in [0.1, 0.15) is 5.75 Å². The standard InChI is InChI=1S/C17H28N2O/c1-3-5-14(2)13-20-17-9-7-16(8-10-17)19-11-4-6-15(18)12-19/h7-10,14-15H,3-6,11-13,18H2,1-2H3. The van der Waals surface area contributed by atoms with Crippen LogP contribution in [0.1, 0.15) is 39.5 Å². The van der Waals surface area contributed by atoms with Crippen LogP contribution in [0, 0.1) is 5.92 Å². The van der Waals surface area contributed by atoms with Gasteiger partial charge in [-0.3, -0.25) is 0 Å². The first-order chi connectivity index (χ1) is 9.69. The Kier molecular flexibility index (Phi) is 5.72. The molecule has 2 N–H and O–H groups in total. The van der Waals surface area contributed by atoms with Crippen LogP contribution in [0.2, 0.25) is 0 Å². The molecule has 1 aliphatic heterocycles. The Bertz CT molecular complexity index is 390. The molecule has 0 saturated carbocycles. The first kappa shape index (κ1) is 15.2. The molecule has 0 spiro atoms. The molecule has 1 fully saturated rings. The fourth-order valence-corrected chi connectivity index (χ4v) is 2.81. The zero-order chi connectivity index (χ0) is 14.4. The molecule has 3 nitrogen and oxygen atoms in total. The second-order valence-electron chi connectivity index (χ2n) is 6.05. The molecule has 2 rings (SSSR count). The van der Waals surface area contributed by atoms with E-state index in [1.165, 1.54) is 24.9 Å². The lowest BCUT2D eigenvalue weighted by molar-refractivity contribution is 0.251. The Balaban J connectivity index is 1.86.